The molecule has 1 aromatic rings. The number of esters is 1. The molecule has 1 heterocycles. The molecular formula is C14H17NO4. The van der Waals surface area contributed by atoms with Gasteiger partial charge < -0.3 is 14.8 Å². The minimum atomic E-state index is -0.717. The van der Waals surface area contributed by atoms with Crippen LogP contribution in [0.4, 0.5) is 0 Å². The quantitative estimate of drug-likeness (QED) is 0.836. The highest BCUT2D eigenvalue weighted by atomic mass is 16.7. The lowest BCUT2D eigenvalue weighted by Gasteiger charge is -2.27. The number of hydrogen-bond donors (Lipinski definition) is 1. The van der Waals surface area contributed by atoms with Gasteiger partial charge in [-0.25, -0.2) is 4.79 Å². The van der Waals surface area contributed by atoms with Crippen molar-refractivity contribution in [3.63, 3.8) is 0 Å². The van der Waals surface area contributed by atoms with Crippen LogP contribution in [-0.4, -0.2) is 31.3 Å². The van der Waals surface area contributed by atoms with Crippen LogP contribution < -0.4 is 5.32 Å². The molecule has 0 spiro atoms. The first-order valence-electron chi connectivity index (χ1n) is 6.06. The Morgan fingerprint density at radius 1 is 1.32 bits per heavy atom. The van der Waals surface area contributed by atoms with Gasteiger partial charge in [-0.3, -0.25) is 4.79 Å². The first-order chi connectivity index (χ1) is 8.96. The maximum absolute atomic E-state index is 12.1. The van der Waals surface area contributed by atoms with E-state index in [9.17, 15) is 9.59 Å². The van der Waals surface area contributed by atoms with Crippen molar-refractivity contribution in [2.24, 2.45) is 5.41 Å². The minimum absolute atomic E-state index is 0.299. The van der Waals surface area contributed by atoms with E-state index in [4.69, 9.17) is 9.47 Å². The predicted molar refractivity (Wildman–Crippen MR) is 68.4 cm³/mol. The first-order valence-corrected chi connectivity index (χ1v) is 6.06. The fraction of sp³-hybridized carbons (Fsp3) is 0.429. The van der Waals surface area contributed by atoms with Crippen LogP contribution in [0.5, 0.6) is 0 Å². The third kappa shape index (κ3) is 2.46. The number of benzene rings is 1. The number of carbonyl (C=O) groups excluding carboxylic acids is 2. The number of hydrogen-bond acceptors (Lipinski definition) is 4. The van der Waals surface area contributed by atoms with Gasteiger partial charge in [0.1, 0.15) is 6.04 Å². The molecule has 19 heavy (non-hydrogen) atoms. The number of methoxy groups -OCH3 is 1. The van der Waals surface area contributed by atoms with Crippen molar-refractivity contribution in [1.29, 1.82) is 0 Å². The van der Waals surface area contributed by atoms with Crippen molar-refractivity contribution in [2.75, 3.05) is 7.11 Å². The number of amides is 1. The van der Waals surface area contributed by atoms with Crippen molar-refractivity contribution in [3.05, 3.63) is 35.9 Å². The second kappa shape index (κ2) is 5.01. The Labute approximate surface area is 111 Å². The van der Waals surface area contributed by atoms with E-state index in [0.29, 0.717) is 5.56 Å². The molecule has 0 radical (unpaired) electrons. The number of cyclic esters (lactones) is 1. The third-order valence-electron chi connectivity index (χ3n) is 3.34. The van der Waals surface area contributed by atoms with Crippen molar-refractivity contribution in [3.8, 4) is 0 Å². The molecule has 1 aliphatic heterocycles. The summed E-state index contributed by atoms with van der Waals surface area (Å²) < 4.78 is 10.2. The number of nitrogens with one attached hydrogen (secondary N) is 1. The molecule has 5 heteroatoms. The van der Waals surface area contributed by atoms with E-state index in [1.54, 1.807) is 24.3 Å². The van der Waals surface area contributed by atoms with Crippen molar-refractivity contribution >= 4 is 11.9 Å². The molecule has 0 saturated carbocycles. The van der Waals surface area contributed by atoms with Crippen LogP contribution in [0, 0.1) is 5.41 Å². The molecule has 1 fully saturated rings. The summed E-state index contributed by atoms with van der Waals surface area (Å²) in [6, 6.07) is 8.03. The average Bonchev–Trinajstić information content (AvgIpc) is 2.62. The fourth-order valence-electron chi connectivity index (χ4n) is 2.17. The molecule has 5 nitrogen and oxygen atoms in total. The molecule has 1 saturated heterocycles. The molecule has 2 unspecified atom stereocenters. The highest BCUT2D eigenvalue weighted by Crippen LogP contribution is 2.35. The zero-order chi connectivity index (χ0) is 14.0. The number of ether oxygens (including phenoxy) is 2. The van der Waals surface area contributed by atoms with Gasteiger partial charge in [-0.15, -0.1) is 0 Å². The molecule has 1 N–H and O–H groups in total. The molecular weight excluding hydrogens is 246 g/mol. The van der Waals surface area contributed by atoms with Crippen LogP contribution in [0.15, 0.2) is 30.3 Å². The normalized spacial score (nSPS) is 24.9. The molecule has 1 aliphatic rings. The second-order valence-electron chi connectivity index (χ2n) is 5.10. The maximum atomic E-state index is 12.1. The lowest BCUT2D eigenvalue weighted by Crippen LogP contribution is -2.48. The van der Waals surface area contributed by atoms with Gasteiger partial charge in [0.25, 0.3) is 5.91 Å². The largest absolute Gasteiger partial charge is 0.434 e. The van der Waals surface area contributed by atoms with E-state index in [0.717, 1.165) is 0 Å². The molecule has 0 bridgehead atoms. The van der Waals surface area contributed by atoms with Crippen LogP contribution in [0.1, 0.15) is 24.2 Å². The van der Waals surface area contributed by atoms with Gasteiger partial charge in [-0.1, -0.05) is 32.0 Å². The van der Waals surface area contributed by atoms with Crippen LogP contribution in [0.3, 0.4) is 0 Å². The van der Waals surface area contributed by atoms with Gasteiger partial charge in [-0.2, -0.15) is 0 Å². The summed E-state index contributed by atoms with van der Waals surface area (Å²) in [6.07, 6.45) is -0.652. The summed E-state index contributed by atoms with van der Waals surface area (Å²) in [5, 5.41) is 2.71. The van der Waals surface area contributed by atoms with Gasteiger partial charge in [0.05, 0.1) is 5.41 Å². The zero-order valence-electron chi connectivity index (χ0n) is 11.2. The Kier molecular flexibility index (Phi) is 3.57. The van der Waals surface area contributed by atoms with Crippen LogP contribution in [-0.2, 0) is 14.3 Å². The lowest BCUT2D eigenvalue weighted by atomic mass is 9.85. The van der Waals surface area contributed by atoms with E-state index in [1.165, 1.54) is 7.11 Å². The summed E-state index contributed by atoms with van der Waals surface area (Å²) in [5.41, 5.74) is -0.108. The topological polar surface area (TPSA) is 64.6 Å². The highest BCUT2D eigenvalue weighted by Gasteiger charge is 2.52. The summed E-state index contributed by atoms with van der Waals surface area (Å²) in [6.45, 7) is 3.64. The Hall–Kier alpha value is -1.88. The standard InChI is InChI=1S/C14H17NO4/c1-14(2)10(12(17)19-13(14)18-3)15-11(16)9-7-5-4-6-8-9/h4-8,10,13H,1-3H3,(H,15,16). The summed E-state index contributed by atoms with van der Waals surface area (Å²) in [4.78, 5) is 23.9. The SMILES string of the molecule is COC1OC(=O)C(NC(=O)c2ccccc2)C1(C)C. The van der Waals surface area contributed by atoms with Gasteiger partial charge in [0.15, 0.2) is 0 Å². The Morgan fingerprint density at radius 2 is 1.95 bits per heavy atom. The van der Waals surface area contributed by atoms with Gasteiger partial charge in [0, 0.05) is 12.7 Å². The predicted octanol–water partition coefficient (Wildman–Crippen LogP) is 1.34. The average molecular weight is 263 g/mol. The molecule has 0 aliphatic carbocycles. The van der Waals surface area contributed by atoms with E-state index < -0.39 is 23.7 Å². The summed E-state index contributed by atoms with van der Waals surface area (Å²) in [7, 11) is 1.47. The van der Waals surface area contributed by atoms with Crippen LogP contribution in [0.2, 0.25) is 0 Å². The Balaban J connectivity index is 2.15. The van der Waals surface area contributed by atoms with Gasteiger partial charge in [-0.05, 0) is 12.1 Å². The van der Waals surface area contributed by atoms with Gasteiger partial charge >= 0.3 is 5.97 Å². The smallest absolute Gasteiger partial charge is 0.331 e. The summed E-state index contributed by atoms with van der Waals surface area (Å²) >= 11 is 0. The Morgan fingerprint density at radius 3 is 2.47 bits per heavy atom. The molecule has 2 rings (SSSR count). The third-order valence-corrected chi connectivity index (χ3v) is 3.34. The van der Waals surface area contributed by atoms with Crippen LogP contribution >= 0.6 is 0 Å². The maximum Gasteiger partial charge on any atom is 0.331 e. The van der Waals surface area contributed by atoms with E-state index in [-0.39, 0.29) is 5.91 Å². The number of carbonyl (C=O) groups is 2. The zero-order valence-corrected chi connectivity index (χ0v) is 11.2. The van der Waals surface area contributed by atoms with E-state index in [1.807, 2.05) is 19.9 Å². The molecule has 2 atom stereocenters. The molecule has 1 amide bonds. The fourth-order valence-corrected chi connectivity index (χ4v) is 2.17. The van der Waals surface area contributed by atoms with Crippen molar-refractivity contribution in [1.82, 2.24) is 5.32 Å². The van der Waals surface area contributed by atoms with E-state index in [2.05, 4.69) is 5.32 Å². The van der Waals surface area contributed by atoms with Crippen molar-refractivity contribution in [2.45, 2.75) is 26.2 Å². The Bertz CT molecular complexity index is 483. The first kappa shape index (κ1) is 13.5. The molecule has 1 aromatic carbocycles. The molecule has 0 aromatic heterocycles. The van der Waals surface area contributed by atoms with Gasteiger partial charge in [0.2, 0.25) is 6.29 Å². The van der Waals surface area contributed by atoms with Crippen molar-refractivity contribution < 1.29 is 19.1 Å². The lowest BCUT2D eigenvalue weighted by molar-refractivity contribution is -0.166. The second-order valence-corrected chi connectivity index (χ2v) is 5.10. The van der Waals surface area contributed by atoms with Crippen LogP contribution in [0.25, 0.3) is 0 Å². The minimum Gasteiger partial charge on any atom is -0.434 e. The number of rotatable bonds is 3. The monoisotopic (exact) mass is 263 g/mol. The molecule has 102 valence electrons. The van der Waals surface area contributed by atoms with E-state index >= 15 is 0 Å². The summed E-state index contributed by atoms with van der Waals surface area (Å²) in [5.74, 6) is -0.770. The highest BCUT2D eigenvalue weighted by molar-refractivity contribution is 5.97.